The normalized spacial score (nSPS) is 26.2. The molecule has 1 heterocycles. The Labute approximate surface area is 98.6 Å². The van der Waals surface area contributed by atoms with Gasteiger partial charge in [0.1, 0.15) is 0 Å². The summed E-state index contributed by atoms with van der Waals surface area (Å²) in [6.07, 6.45) is 3.66. The highest BCUT2D eigenvalue weighted by Gasteiger charge is 2.34. The molecule has 1 unspecified atom stereocenters. The number of nitrogens with zero attached hydrogens (tertiary/aromatic N) is 1. The maximum atomic E-state index is 11.9. The summed E-state index contributed by atoms with van der Waals surface area (Å²) in [5.41, 5.74) is 0.332. The van der Waals surface area contributed by atoms with E-state index in [-0.39, 0.29) is 0 Å². The maximum Gasteiger partial charge on any atom is 0.236 e. The lowest BCUT2D eigenvalue weighted by Crippen LogP contribution is -2.38. The Morgan fingerprint density at radius 1 is 1.31 bits per heavy atom. The van der Waals surface area contributed by atoms with E-state index in [1.165, 1.54) is 19.3 Å². The van der Waals surface area contributed by atoms with E-state index in [4.69, 9.17) is 0 Å². The first kappa shape index (κ1) is 11.9. The van der Waals surface area contributed by atoms with E-state index < -0.39 is 0 Å². The van der Waals surface area contributed by atoms with Crippen molar-refractivity contribution in [2.75, 3.05) is 19.6 Å². The molecule has 2 aliphatic rings. The number of likely N-dealkylation sites (tertiary alicyclic amines) is 1. The van der Waals surface area contributed by atoms with Crippen LogP contribution in [0.15, 0.2) is 0 Å². The first-order valence-electron chi connectivity index (χ1n) is 6.48. The van der Waals surface area contributed by atoms with Crippen molar-refractivity contribution < 1.29 is 4.79 Å². The van der Waals surface area contributed by atoms with Crippen molar-refractivity contribution in [1.82, 2.24) is 10.2 Å². The Hall–Kier alpha value is -0.570. The summed E-state index contributed by atoms with van der Waals surface area (Å²) in [5.74, 6) is 0.955. The van der Waals surface area contributed by atoms with Crippen LogP contribution in [-0.4, -0.2) is 36.5 Å². The highest BCUT2D eigenvalue weighted by molar-refractivity contribution is 5.78. The Balaban J connectivity index is 1.76. The lowest BCUT2D eigenvalue weighted by molar-refractivity contribution is -0.129. The molecule has 0 spiro atoms. The highest BCUT2D eigenvalue weighted by atomic mass is 16.2. The molecule has 0 aromatic heterocycles. The average molecular weight is 224 g/mol. The van der Waals surface area contributed by atoms with E-state index in [1.807, 2.05) is 4.90 Å². The molecular formula is C13H24N2O. The first-order valence-corrected chi connectivity index (χ1v) is 6.48. The molecule has 1 aliphatic heterocycles. The van der Waals surface area contributed by atoms with Gasteiger partial charge in [0.2, 0.25) is 5.91 Å². The van der Waals surface area contributed by atoms with Crippen molar-refractivity contribution in [2.24, 2.45) is 11.3 Å². The predicted octanol–water partition coefficient (Wildman–Crippen LogP) is 1.63. The standard InChI is InChI=1S/C13H24N2O/c1-13(2,3)10-6-7-15(9-10)12(16)8-14-11-4-5-11/h10-11,14H,4-9H2,1-3H3. The van der Waals surface area contributed by atoms with Crippen LogP contribution >= 0.6 is 0 Å². The van der Waals surface area contributed by atoms with Crippen LogP contribution in [0.5, 0.6) is 0 Å². The van der Waals surface area contributed by atoms with Crippen molar-refractivity contribution in [3.63, 3.8) is 0 Å². The molecule has 92 valence electrons. The first-order chi connectivity index (χ1) is 7.47. The molecule has 0 aromatic carbocycles. The molecule has 1 saturated heterocycles. The average Bonchev–Trinajstić information content (AvgIpc) is 2.86. The van der Waals surface area contributed by atoms with Gasteiger partial charge in [0, 0.05) is 19.1 Å². The zero-order valence-electron chi connectivity index (χ0n) is 10.8. The maximum absolute atomic E-state index is 11.9. The van der Waals surface area contributed by atoms with Crippen LogP contribution in [0.4, 0.5) is 0 Å². The minimum absolute atomic E-state index is 0.290. The zero-order valence-corrected chi connectivity index (χ0v) is 10.8. The Bertz CT molecular complexity index is 266. The summed E-state index contributed by atoms with van der Waals surface area (Å²) in [6, 6.07) is 0.630. The summed E-state index contributed by atoms with van der Waals surface area (Å²) in [6.45, 7) is 9.26. The van der Waals surface area contributed by atoms with Gasteiger partial charge in [0.25, 0.3) is 0 Å². The Kier molecular flexibility index (Phi) is 3.24. The van der Waals surface area contributed by atoms with Crippen molar-refractivity contribution in [3.8, 4) is 0 Å². The Morgan fingerprint density at radius 2 is 2.00 bits per heavy atom. The third kappa shape index (κ3) is 2.97. The van der Waals surface area contributed by atoms with E-state index in [0.29, 0.717) is 29.8 Å². The van der Waals surface area contributed by atoms with Gasteiger partial charge in [0.15, 0.2) is 0 Å². The van der Waals surface area contributed by atoms with Crippen LogP contribution in [0.25, 0.3) is 0 Å². The number of carbonyl (C=O) groups excluding carboxylic acids is 1. The number of carbonyl (C=O) groups is 1. The molecule has 1 N–H and O–H groups in total. The van der Waals surface area contributed by atoms with Crippen LogP contribution in [0.1, 0.15) is 40.0 Å². The summed E-state index contributed by atoms with van der Waals surface area (Å²) in [7, 11) is 0. The van der Waals surface area contributed by atoms with Gasteiger partial charge >= 0.3 is 0 Å². The van der Waals surface area contributed by atoms with E-state index in [2.05, 4.69) is 26.1 Å². The van der Waals surface area contributed by atoms with Gasteiger partial charge in [-0.15, -0.1) is 0 Å². The smallest absolute Gasteiger partial charge is 0.236 e. The molecule has 1 aliphatic carbocycles. The van der Waals surface area contributed by atoms with Crippen molar-refractivity contribution >= 4 is 5.91 Å². The van der Waals surface area contributed by atoms with Crippen molar-refractivity contribution in [3.05, 3.63) is 0 Å². The van der Waals surface area contributed by atoms with Crippen LogP contribution in [0.3, 0.4) is 0 Å². The van der Waals surface area contributed by atoms with Crippen LogP contribution in [-0.2, 0) is 4.79 Å². The van der Waals surface area contributed by atoms with E-state index in [0.717, 1.165) is 13.1 Å². The fourth-order valence-corrected chi connectivity index (χ4v) is 2.32. The van der Waals surface area contributed by atoms with Gasteiger partial charge in [0.05, 0.1) is 6.54 Å². The van der Waals surface area contributed by atoms with Gasteiger partial charge in [-0.2, -0.15) is 0 Å². The number of nitrogens with one attached hydrogen (secondary N) is 1. The lowest BCUT2D eigenvalue weighted by atomic mass is 9.80. The summed E-state index contributed by atoms with van der Waals surface area (Å²) in [4.78, 5) is 13.9. The molecule has 1 atom stereocenters. The SMILES string of the molecule is CC(C)(C)C1CCN(C(=O)CNC2CC2)C1. The van der Waals surface area contributed by atoms with Crippen molar-refractivity contribution in [1.29, 1.82) is 0 Å². The molecule has 1 saturated carbocycles. The summed E-state index contributed by atoms with van der Waals surface area (Å²) in [5, 5.41) is 3.30. The van der Waals surface area contributed by atoms with Gasteiger partial charge < -0.3 is 10.2 Å². The van der Waals surface area contributed by atoms with E-state index in [9.17, 15) is 4.79 Å². The second kappa shape index (κ2) is 4.36. The van der Waals surface area contributed by atoms with E-state index in [1.54, 1.807) is 0 Å². The fraction of sp³-hybridized carbons (Fsp3) is 0.923. The molecule has 0 aromatic rings. The minimum atomic E-state index is 0.290. The van der Waals surface area contributed by atoms with Gasteiger partial charge in [-0.05, 0) is 30.6 Å². The van der Waals surface area contributed by atoms with Gasteiger partial charge in [-0.3, -0.25) is 4.79 Å². The molecule has 3 nitrogen and oxygen atoms in total. The molecule has 0 bridgehead atoms. The number of hydrogen-bond donors (Lipinski definition) is 1. The monoisotopic (exact) mass is 224 g/mol. The van der Waals surface area contributed by atoms with Crippen LogP contribution in [0, 0.1) is 11.3 Å². The van der Waals surface area contributed by atoms with E-state index >= 15 is 0 Å². The van der Waals surface area contributed by atoms with Crippen LogP contribution in [0.2, 0.25) is 0 Å². The molecule has 2 rings (SSSR count). The zero-order chi connectivity index (χ0) is 11.8. The molecule has 3 heteroatoms. The Morgan fingerprint density at radius 3 is 2.50 bits per heavy atom. The molecular weight excluding hydrogens is 200 g/mol. The minimum Gasteiger partial charge on any atom is -0.341 e. The number of hydrogen-bond acceptors (Lipinski definition) is 2. The van der Waals surface area contributed by atoms with Gasteiger partial charge in [-0.1, -0.05) is 20.8 Å². The second-order valence-electron chi connectivity index (χ2n) is 6.35. The highest BCUT2D eigenvalue weighted by Crippen LogP contribution is 2.33. The third-order valence-corrected chi connectivity index (χ3v) is 3.89. The predicted molar refractivity (Wildman–Crippen MR) is 65.2 cm³/mol. The number of rotatable bonds is 3. The summed E-state index contributed by atoms with van der Waals surface area (Å²) >= 11 is 0. The molecule has 16 heavy (non-hydrogen) atoms. The topological polar surface area (TPSA) is 32.3 Å². The molecule has 0 radical (unpaired) electrons. The fourth-order valence-electron chi connectivity index (χ4n) is 2.32. The number of amides is 1. The van der Waals surface area contributed by atoms with Crippen molar-refractivity contribution in [2.45, 2.75) is 46.1 Å². The second-order valence-corrected chi connectivity index (χ2v) is 6.35. The van der Waals surface area contributed by atoms with Gasteiger partial charge in [-0.25, -0.2) is 0 Å². The lowest BCUT2D eigenvalue weighted by Gasteiger charge is -2.27. The summed E-state index contributed by atoms with van der Waals surface area (Å²) < 4.78 is 0. The molecule has 1 amide bonds. The largest absolute Gasteiger partial charge is 0.341 e. The third-order valence-electron chi connectivity index (χ3n) is 3.89. The van der Waals surface area contributed by atoms with Crippen LogP contribution < -0.4 is 5.32 Å². The quantitative estimate of drug-likeness (QED) is 0.790. The molecule has 2 fully saturated rings.